The van der Waals surface area contributed by atoms with Gasteiger partial charge >= 0.3 is 0 Å². The van der Waals surface area contributed by atoms with Crippen LogP contribution in [0.1, 0.15) is 9.67 Å². The Morgan fingerprint density at radius 3 is 2.55 bits per heavy atom. The van der Waals surface area contributed by atoms with Crippen molar-refractivity contribution in [3.63, 3.8) is 0 Å². The van der Waals surface area contributed by atoms with Crippen LogP contribution < -0.4 is 10.1 Å². The zero-order chi connectivity index (χ0) is 15.5. The Kier molecular flexibility index (Phi) is 4.51. The maximum absolute atomic E-state index is 12.1. The monoisotopic (exact) mass is 395 g/mol. The van der Waals surface area contributed by atoms with Gasteiger partial charge in [0.1, 0.15) is 10.8 Å². The molecular formula is C14H10BrN3O2S2. The van der Waals surface area contributed by atoms with E-state index >= 15 is 0 Å². The summed E-state index contributed by atoms with van der Waals surface area (Å²) in [5, 5.41) is 12.1. The highest BCUT2D eigenvalue weighted by molar-refractivity contribution is 9.11. The summed E-state index contributed by atoms with van der Waals surface area (Å²) >= 11 is 6.03. The first-order chi connectivity index (χ1) is 10.7. The van der Waals surface area contributed by atoms with Crippen molar-refractivity contribution in [2.45, 2.75) is 0 Å². The number of hydrogen-bond donors (Lipinski definition) is 1. The average molecular weight is 396 g/mol. The van der Waals surface area contributed by atoms with Gasteiger partial charge in [-0.25, -0.2) is 0 Å². The topological polar surface area (TPSA) is 64.1 Å². The molecule has 0 saturated heterocycles. The predicted molar refractivity (Wildman–Crippen MR) is 91.9 cm³/mol. The van der Waals surface area contributed by atoms with Gasteiger partial charge in [-0.05, 0) is 52.3 Å². The maximum Gasteiger partial charge on any atom is 0.267 e. The molecule has 0 spiro atoms. The molecule has 1 amide bonds. The standard InChI is InChI=1S/C14H10BrN3O2S2/c1-20-9-4-2-8(3-5-9)13-17-18-14(22-13)16-12(19)10-6-7-11(15)21-10/h2-7H,1H3,(H,16,18,19). The van der Waals surface area contributed by atoms with E-state index in [0.29, 0.717) is 10.0 Å². The molecule has 0 aliphatic rings. The summed E-state index contributed by atoms with van der Waals surface area (Å²) in [5.41, 5.74) is 0.928. The van der Waals surface area contributed by atoms with Crippen molar-refractivity contribution in [1.82, 2.24) is 10.2 Å². The number of methoxy groups -OCH3 is 1. The predicted octanol–water partition coefficient (Wildman–Crippen LogP) is 4.29. The molecule has 8 heteroatoms. The van der Waals surface area contributed by atoms with Crippen LogP contribution >= 0.6 is 38.6 Å². The van der Waals surface area contributed by atoms with Crippen molar-refractivity contribution >= 4 is 49.6 Å². The Morgan fingerprint density at radius 1 is 1.14 bits per heavy atom. The highest BCUT2D eigenvalue weighted by Crippen LogP contribution is 2.29. The van der Waals surface area contributed by atoms with E-state index in [1.807, 2.05) is 30.3 Å². The van der Waals surface area contributed by atoms with E-state index in [-0.39, 0.29) is 5.91 Å². The number of amides is 1. The Labute approximate surface area is 143 Å². The number of thiophene rings is 1. The smallest absolute Gasteiger partial charge is 0.267 e. The molecule has 0 aliphatic carbocycles. The van der Waals surface area contributed by atoms with Crippen LogP contribution in [0.5, 0.6) is 5.75 Å². The van der Waals surface area contributed by atoms with Crippen LogP contribution in [-0.2, 0) is 0 Å². The zero-order valence-electron chi connectivity index (χ0n) is 11.4. The number of aromatic nitrogens is 2. The lowest BCUT2D eigenvalue weighted by Crippen LogP contribution is -2.09. The third kappa shape index (κ3) is 3.34. The summed E-state index contributed by atoms with van der Waals surface area (Å²) < 4.78 is 6.03. The second-order valence-corrected chi connectivity index (χ2v) is 7.64. The zero-order valence-corrected chi connectivity index (χ0v) is 14.6. The molecule has 0 atom stereocenters. The van der Waals surface area contributed by atoms with E-state index in [4.69, 9.17) is 4.74 Å². The van der Waals surface area contributed by atoms with E-state index < -0.39 is 0 Å². The van der Waals surface area contributed by atoms with Crippen molar-refractivity contribution in [2.75, 3.05) is 12.4 Å². The largest absolute Gasteiger partial charge is 0.497 e. The fraction of sp³-hybridized carbons (Fsp3) is 0.0714. The van der Waals surface area contributed by atoms with Crippen molar-refractivity contribution in [2.24, 2.45) is 0 Å². The fourth-order valence-electron chi connectivity index (χ4n) is 1.72. The van der Waals surface area contributed by atoms with Gasteiger partial charge in [0.15, 0.2) is 0 Å². The maximum atomic E-state index is 12.1. The van der Waals surface area contributed by atoms with E-state index in [1.54, 1.807) is 13.2 Å². The number of benzene rings is 1. The van der Waals surface area contributed by atoms with Crippen molar-refractivity contribution < 1.29 is 9.53 Å². The van der Waals surface area contributed by atoms with Crippen LogP contribution in [-0.4, -0.2) is 23.2 Å². The summed E-state index contributed by atoms with van der Waals surface area (Å²) in [6.07, 6.45) is 0. The van der Waals surface area contributed by atoms with Gasteiger partial charge in [0.05, 0.1) is 15.8 Å². The normalized spacial score (nSPS) is 10.5. The molecule has 112 valence electrons. The number of nitrogens with one attached hydrogen (secondary N) is 1. The molecule has 0 bridgehead atoms. The molecule has 0 unspecified atom stereocenters. The first-order valence-electron chi connectivity index (χ1n) is 6.20. The molecule has 0 aliphatic heterocycles. The van der Waals surface area contributed by atoms with Crippen LogP contribution in [0.25, 0.3) is 10.6 Å². The van der Waals surface area contributed by atoms with Crippen molar-refractivity contribution in [3.8, 4) is 16.3 Å². The van der Waals surface area contributed by atoms with Gasteiger partial charge in [-0.15, -0.1) is 21.5 Å². The van der Waals surface area contributed by atoms with Gasteiger partial charge in [0.2, 0.25) is 5.13 Å². The third-order valence-electron chi connectivity index (χ3n) is 2.78. The number of hydrogen-bond acceptors (Lipinski definition) is 6. The molecule has 0 fully saturated rings. The van der Waals surface area contributed by atoms with Gasteiger partial charge < -0.3 is 4.74 Å². The van der Waals surface area contributed by atoms with Crippen molar-refractivity contribution in [1.29, 1.82) is 0 Å². The van der Waals surface area contributed by atoms with Gasteiger partial charge in [-0.1, -0.05) is 11.3 Å². The minimum Gasteiger partial charge on any atom is -0.497 e. The van der Waals surface area contributed by atoms with Crippen LogP contribution in [0.4, 0.5) is 5.13 Å². The van der Waals surface area contributed by atoms with Gasteiger partial charge in [0.25, 0.3) is 5.91 Å². The lowest BCUT2D eigenvalue weighted by molar-refractivity contribution is 0.103. The van der Waals surface area contributed by atoms with Crippen molar-refractivity contribution in [3.05, 3.63) is 45.1 Å². The third-order valence-corrected chi connectivity index (χ3v) is 5.29. The number of rotatable bonds is 4. The van der Waals surface area contributed by atoms with E-state index in [9.17, 15) is 4.79 Å². The first kappa shape index (κ1) is 15.1. The number of nitrogens with zero attached hydrogens (tertiary/aromatic N) is 2. The van der Waals surface area contributed by atoms with Crippen LogP contribution in [0.15, 0.2) is 40.2 Å². The Balaban J connectivity index is 1.74. The van der Waals surface area contributed by atoms with E-state index in [0.717, 1.165) is 20.1 Å². The first-order valence-corrected chi connectivity index (χ1v) is 8.63. The average Bonchev–Trinajstić information content (AvgIpc) is 3.16. The molecule has 1 N–H and O–H groups in total. The van der Waals surface area contributed by atoms with Gasteiger partial charge in [0, 0.05) is 5.56 Å². The Bertz CT molecular complexity index is 799. The second-order valence-electron chi connectivity index (χ2n) is 4.20. The Morgan fingerprint density at radius 2 is 1.91 bits per heavy atom. The van der Waals surface area contributed by atoms with Gasteiger partial charge in [-0.2, -0.15) is 0 Å². The lowest BCUT2D eigenvalue weighted by atomic mass is 10.2. The quantitative estimate of drug-likeness (QED) is 0.715. The van der Waals surface area contributed by atoms with Crippen LogP contribution in [0, 0.1) is 0 Å². The molecule has 5 nitrogen and oxygen atoms in total. The Hall–Kier alpha value is -1.77. The molecule has 22 heavy (non-hydrogen) atoms. The fourth-order valence-corrected chi connectivity index (χ4v) is 3.74. The number of anilines is 1. The number of carbonyl (C=O) groups is 1. The number of carbonyl (C=O) groups excluding carboxylic acids is 1. The summed E-state index contributed by atoms with van der Waals surface area (Å²) in [6.45, 7) is 0. The summed E-state index contributed by atoms with van der Waals surface area (Å²) in [7, 11) is 1.62. The molecule has 0 radical (unpaired) electrons. The minimum absolute atomic E-state index is 0.187. The second kappa shape index (κ2) is 6.55. The van der Waals surface area contributed by atoms with Crippen LogP contribution in [0.2, 0.25) is 0 Å². The van der Waals surface area contributed by atoms with E-state index in [1.165, 1.54) is 22.7 Å². The van der Waals surface area contributed by atoms with E-state index in [2.05, 4.69) is 31.4 Å². The molecule has 0 saturated carbocycles. The molecule has 3 aromatic rings. The van der Waals surface area contributed by atoms with Crippen LogP contribution in [0.3, 0.4) is 0 Å². The van der Waals surface area contributed by atoms with Gasteiger partial charge in [-0.3, -0.25) is 10.1 Å². The molecule has 2 heterocycles. The molecular weight excluding hydrogens is 386 g/mol. The molecule has 2 aromatic heterocycles. The summed E-state index contributed by atoms with van der Waals surface area (Å²) in [6, 6.07) is 11.1. The number of halogens is 1. The summed E-state index contributed by atoms with van der Waals surface area (Å²) in [5.74, 6) is 0.596. The number of ether oxygens (including phenoxy) is 1. The highest BCUT2D eigenvalue weighted by Gasteiger charge is 2.13. The lowest BCUT2D eigenvalue weighted by Gasteiger charge is -1.99. The molecule has 1 aromatic carbocycles. The minimum atomic E-state index is -0.187. The molecule has 3 rings (SSSR count). The highest BCUT2D eigenvalue weighted by atomic mass is 79.9. The SMILES string of the molecule is COc1ccc(-c2nnc(NC(=O)c3ccc(Br)s3)s2)cc1. The summed E-state index contributed by atoms with van der Waals surface area (Å²) in [4.78, 5) is 12.7.